The molecule has 0 N–H and O–H groups in total. The summed E-state index contributed by atoms with van der Waals surface area (Å²) in [5, 5.41) is 0. The summed E-state index contributed by atoms with van der Waals surface area (Å²) in [5.74, 6) is 0.845. The first-order valence-electron chi connectivity index (χ1n) is 4.20. The molecule has 1 aromatic heterocycles. The maximum absolute atomic E-state index is 11.0. The molecule has 0 atom stereocenters. The van der Waals surface area contributed by atoms with Crippen LogP contribution in [0, 0.1) is 0 Å². The minimum absolute atomic E-state index is 0.121. The van der Waals surface area contributed by atoms with E-state index in [9.17, 15) is 4.79 Å². The third kappa shape index (κ3) is 2.84. The van der Waals surface area contributed by atoms with Gasteiger partial charge in [-0.1, -0.05) is 22.1 Å². The molecule has 0 aliphatic heterocycles. The Labute approximate surface area is 98.9 Å². The Morgan fingerprint density at radius 1 is 1.20 bits per heavy atom. The predicted octanol–water partition coefficient (Wildman–Crippen LogP) is 3.33. The van der Waals surface area contributed by atoms with Crippen LogP contribution in [0.1, 0.15) is 0 Å². The summed E-state index contributed by atoms with van der Waals surface area (Å²) in [5.41, 5.74) is 0. The van der Waals surface area contributed by atoms with Gasteiger partial charge in [0.15, 0.2) is 0 Å². The van der Waals surface area contributed by atoms with E-state index in [1.807, 2.05) is 24.3 Å². The van der Waals surface area contributed by atoms with Crippen LogP contribution in [0.3, 0.4) is 0 Å². The van der Waals surface area contributed by atoms with Crippen molar-refractivity contribution in [3.63, 3.8) is 0 Å². The molecule has 0 unspecified atom stereocenters. The largest absolute Gasteiger partial charge is 0.497 e. The maximum Gasteiger partial charge on any atom is 0.244 e. The summed E-state index contributed by atoms with van der Waals surface area (Å²) in [6.07, 6.45) is 0. The zero-order valence-corrected chi connectivity index (χ0v) is 10.4. The number of benzene rings is 1. The summed E-state index contributed by atoms with van der Waals surface area (Å²) < 4.78 is 6.23. The van der Waals surface area contributed by atoms with Crippen molar-refractivity contribution in [1.82, 2.24) is 0 Å². The molecule has 0 aliphatic carbocycles. The van der Waals surface area contributed by atoms with Gasteiger partial charge in [0.1, 0.15) is 5.75 Å². The number of ether oxygens (including phenoxy) is 1. The summed E-state index contributed by atoms with van der Waals surface area (Å²) in [7, 11) is 4.43. The Kier molecular flexibility index (Phi) is 3.45. The lowest BCUT2D eigenvalue weighted by atomic mass is 10.3. The monoisotopic (exact) mass is 256 g/mol. The van der Waals surface area contributed by atoms with Gasteiger partial charge in [-0.3, -0.25) is 4.79 Å². The Morgan fingerprint density at radius 3 is 2.47 bits per heavy atom. The van der Waals surface area contributed by atoms with Gasteiger partial charge in [0.25, 0.3) is 0 Å². The van der Waals surface area contributed by atoms with Crippen molar-refractivity contribution in [2.45, 2.75) is 9.10 Å². The van der Waals surface area contributed by atoms with Crippen LogP contribution in [0.15, 0.2) is 44.2 Å². The topological polar surface area (TPSA) is 26.3 Å². The van der Waals surface area contributed by atoms with Crippen molar-refractivity contribution in [2.75, 3.05) is 7.11 Å². The van der Waals surface area contributed by atoms with Crippen LogP contribution >= 0.6 is 32.4 Å². The van der Waals surface area contributed by atoms with Crippen LogP contribution in [0.5, 0.6) is 5.75 Å². The zero-order chi connectivity index (χ0) is 10.7. The Hall–Kier alpha value is -0.780. The lowest BCUT2D eigenvalue weighted by Gasteiger charge is -2.00. The van der Waals surface area contributed by atoms with Gasteiger partial charge < -0.3 is 4.74 Å². The molecule has 15 heavy (non-hydrogen) atoms. The molecule has 0 radical (unpaired) electrons. The average molecular weight is 256 g/mol. The molecule has 2 rings (SSSR count). The molecule has 0 amide bonds. The van der Waals surface area contributed by atoms with Gasteiger partial charge in [-0.2, -0.15) is 0 Å². The number of methoxy groups -OCH3 is 1. The fourth-order valence-electron chi connectivity index (χ4n) is 1.03. The lowest BCUT2D eigenvalue weighted by Crippen LogP contribution is -1.82. The highest BCUT2D eigenvalue weighted by atomic mass is 32.9. The summed E-state index contributed by atoms with van der Waals surface area (Å²) in [4.78, 5) is 12.1. The first-order chi connectivity index (χ1) is 7.28. The van der Waals surface area contributed by atoms with Crippen LogP contribution in [0.25, 0.3) is 0 Å². The van der Waals surface area contributed by atoms with E-state index in [2.05, 4.69) is 0 Å². The molecule has 2 aromatic rings. The van der Waals surface area contributed by atoms with Crippen molar-refractivity contribution in [3.8, 4) is 5.75 Å². The molecule has 0 spiro atoms. The minimum atomic E-state index is 0.121. The molecule has 0 aliphatic rings. The highest BCUT2D eigenvalue weighted by molar-refractivity contribution is 8.02. The van der Waals surface area contributed by atoms with Gasteiger partial charge in [0.2, 0.25) is 4.74 Å². The van der Waals surface area contributed by atoms with E-state index in [1.54, 1.807) is 24.9 Å². The van der Waals surface area contributed by atoms with Crippen LogP contribution in [-0.2, 0) is 0 Å². The number of hydrogen-bond acceptors (Lipinski definition) is 5. The second-order valence-corrected chi connectivity index (χ2v) is 6.28. The van der Waals surface area contributed by atoms with Crippen molar-refractivity contribution in [1.29, 1.82) is 0 Å². The first-order valence-corrected chi connectivity index (χ1v) is 7.16. The van der Waals surface area contributed by atoms with Crippen molar-refractivity contribution in [3.05, 3.63) is 39.9 Å². The van der Waals surface area contributed by atoms with Crippen molar-refractivity contribution in [2.24, 2.45) is 0 Å². The van der Waals surface area contributed by atoms with Gasteiger partial charge >= 0.3 is 0 Å². The standard InChI is InChI=1S/C10H8O2S3/c1-12-7-2-4-8(5-3-7)13-10-6-9(11)14-15-10/h2-6H,1H3. The highest BCUT2D eigenvalue weighted by Crippen LogP contribution is 2.32. The molecule has 0 saturated heterocycles. The van der Waals surface area contributed by atoms with Gasteiger partial charge in [-0.15, -0.1) is 0 Å². The first kappa shape index (κ1) is 10.7. The normalized spacial score (nSPS) is 10.2. The molecule has 1 aromatic carbocycles. The quantitative estimate of drug-likeness (QED) is 0.788. The Bertz CT molecular complexity index is 484. The molecule has 0 bridgehead atoms. The number of hydrogen-bond donors (Lipinski definition) is 0. The second-order valence-electron chi connectivity index (χ2n) is 2.73. The van der Waals surface area contributed by atoms with Crippen molar-refractivity contribution < 1.29 is 4.74 Å². The second kappa shape index (κ2) is 4.83. The predicted molar refractivity (Wildman–Crippen MR) is 65.6 cm³/mol. The van der Waals surface area contributed by atoms with E-state index in [4.69, 9.17) is 4.74 Å². The van der Waals surface area contributed by atoms with E-state index in [-0.39, 0.29) is 4.74 Å². The van der Waals surface area contributed by atoms with E-state index in [1.165, 1.54) is 20.7 Å². The molecule has 0 saturated carbocycles. The Morgan fingerprint density at radius 2 is 1.93 bits per heavy atom. The summed E-state index contributed by atoms with van der Waals surface area (Å²) in [6.45, 7) is 0. The zero-order valence-electron chi connectivity index (χ0n) is 7.93. The van der Waals surface area contributed by atoms with Gasteiger partial charge in [-0.25, -0.2) is 0 Å². The van der Waals surface area contributed by atoms with Gasteiger partial charge in [0.05, 0.1) is 11.3 Å². The van der Waals surface area contributed by atoms with E-state index >= 15 is 0 Å². The minimum Gasteiger partial charge on any atom is -0.497 e. The van der Waals surface area contributed by atoms with E-state index < -0.39 is 0 Å². The van der Waals surface area contributed by atoms with E-state index in [0.717, 1.165) is 14.9 Å². The third-order valence-electron chi connectivity index (χ3n) is 1.72. The molecule has 0 fully saturated rings. The van der Waals surface area contributed by atoms with E-state index in [0.29, 0.717) is 0 Å². The summed E-state index contributed by atoms with van der Waals surface area (Å²) >= 11 is 1.60. The van der Waals surface area contributed by atoms with Gasteiger partial charge in [-0.05, 0) is 34.6 Å². The fraction of sp³-hybridized carbons (Fsp3) is 0.100. The maximum atomic E-state index is 11.0. The third-order valence-corrected chi connectivity index (χ3v) is 5.29. The Balaban J connectivity index is 2.14. The molecular weight excluding hydrogens is 248 g/mol. The molecule has 2 nitrogen and oxygen atoms in total. The SMILES string of the molecule is COc1ccc(Sc2cc(=O)ss2)cc1. The number of rotatable bonds is 3. The highest BCUT2D eigenvalue weighted by Gasteiger charge is 2.01. The molecular formula is C10H8O2S3. The fourth-order valence-corrected chi connectivity index (χ4v) is 4.16. The summed E-state index contributed by atoms with van der Waals surface area (Å²) in [6, 6.07) is 9.47. The van der Waals surface area contributed by atoms with Crippen LogP contribution in [0.4, 0.5) is 0 Å². The molecule has 78 valence electrons. The van der Waals surface area contributed by atoms with Crippen LogP contribution in [0.2, 0.25) is 0 Å². The van der Waals surface area contributed by atoms with Crippen molar-refractivity contribution >= 4 is 32.4 Å². The smallest absolute Gasteiger partial charge is 0.244 e. The van der Waals surface area contributed by atoms with Crippen LogP contribution in [-0.4, -0.2) is 7.11 Å². The average Bonchev–Trinajstić information content (AvgIpc) is 2.65. The molecule has 1 heterocycles. The lowest BCUT2D eigenvalue weighted by molar-refractivity contribution is 0.414. The van der Waals surface area contributed by atoms with Gasteiger partial charge in [0, 0.05) is 11.0 Å². The molecule has 5 heteroatoms. The van der Waals surface area contributed by atoms with Crippen LogP contribution < -0.4 is 9.48 Å².